The summed E-state index contributed by atoms with van der Waals surface area (Å²) in [5.74, 6) is -0.0866. The highest BCUT2D eigenvalue weighted by atomic mass is 16.5. The van der Waals surface area contributed by atoms with Crippen molar-refractivity contribution in [3.05, 3.63) is 29.6 Å². The highest BCUT2D eigenvalue weighted by molar-refractivity contribution is 5.99. The monoisotopic (exact) mass is 293 g/mol. The number of amides is 2. The van der Waals surface area contributed by atoms with Crippen molar-refractivity contribution in [2.24, 2.45) is 5.92 Å². The number of aromatic nitrogens is 1. The van der Waals surface area contributed by atoms with Crippen LogP contribution in [0.1, 0.15) is 41.0 Å². The van der Waals surface area contributed by atoms with Crippen molar-refractivity contribution in [3.8, 4) is 0 Å². The second-order valence-electron chi connectivity index (χ2n) is 5.17. The molecule has 0 spiro atoms. The number of nitrogens with one attached hydrogen (secondary N) is 2. The molecule has 0 fully saturated rings. The van der Waals surface area contributed by atoms with Crippen LogP contribution < -0.4 is 10.6 Å². The fourth-order valence-corrected chi connectivity index (χ4v) is 1.61. The lowest BCUT2D eigenvalue weighted by Crippen LogP contribution is -2.28. The average molecular weight is 293 g/mol. The lowest BCUT2D eigenvalue weighted by atomic mass is 10.1. The van der Waals surface area contributed by atoms with E-state index in [2.05, 4.69) is 15.6 Å². The van der Waals surface area contributed by atoms with Crippen LogP contribution in [0.4, 0.5) is 0 Å². The Bertz CT molecular complexity index is 475. The Morgan fingerprint density at radius 2 is 1.81 bits per heavy atom. The predicted octanol–water partition coefficient (Wildman–Crippen LogP) is 1.23. The number of rotatable bonds is 8. The number of pyridine rings is 1. The van der Waals surface area contributed by atoms with Gasteiger partial charge in [-0.25, -0.2) is 0 Å². The zero-order valence-electron chi connectivity index (χ0n) is 12.8. The minimum atomic E-state index is -0.239. The third-order valence-corrected chi connectivity index (χ3v) is 2.74. The Labute approximate surface area is 125 Å². The van der Waals surface area contributed by atoms with Crippen molar-refractivity contribution in [1.29, 1.82) is 0 Å². The molecule has 1 heterocycles. The van der Waals surface area contributed by atoms with Gasteiger partial charge in [-0.2, -0.15) is 0 Å². The largest absolute Gasteiger partial charge is 0.385 e. The van der Waals surface area contributed by atoms with Crippen LogP contribution in [0.15, 0.2) is 18.5 Å². The summed E-state index contributed by atoms with van der Waals surface area (Å²) in [7, 11) is 1.62. The molecule has 0 aliphatic heterocycles. The van der Waals surface area contributed by atoms with Gasteiger partial charge < -0.3 is 15.4 Å². The fraction of sp³-hybridized carbons (Fsp3) is 0.533. The first kappa shape index (κ1) is 17.1. The standard InChI is InChI=1S/C15H23N3O3/c1-11(2)8-18-15(20)13-7-12(9-16-10-13)14(19)17-5-4-6-21-3/h7,9-11H,4-6,8H2,1-3H3,(H,17,19)(H,18,20). The van der Waals surface area contributed by atoms with E-state index in [0.29, 0.717) is 36.7 Å². The van der Waals surface area contributed by atoms with E-state index in [1.165, 1.54) is 12.4 Å². The minimum absolute atomic E-state index is 0.217. The van der Waals surface area contributed by atoms with Gasteiger partial charge >= 0.3 is 0 Å². The number of methoxy groups -OCH3 is 1. The Kier molecular flexibility index (Phi) is 7.39. The molecule has 0 atom stereocenters. The van der Waals surface area contributed by atoms with Crippen molar-refractivity contribution in [2.75, 3.05) is 26.8 Å². The average Bonchev–Trinajstić information content (AvgIpc) is 2.49. The molecule has 116 valence electrons. The van der Waals surface area contributed by atoms with Crippen molar-refractivity contribution in [2.45, 2.75) is 20.3 Å². The smallest absolute Gasteiger partial charge is 0.252 e. The van der Waals surface area contributed by atoms with Gasteiger partial charge in [0.1, 0.15) is 0 Å². The summed E-state index contributed by atoms with van der Waals surface area (Å²) < 4.78 is 4.91. The van der Waals surface area contributed by atoms with Crippen molar-refractivity contribution < 1.29 is 14.3 Å². The van der Waals surface area contributed by atoms with Crippen molar-refractivity contribution in [3.63, 3.8) is 0 Å². The number of ether oxygens (including phenoxy) is 1. The van der Waals surface area contributed by atoms with Gasteiger partial charge in [0, 0.05) is 39.2 Å². The lowest BCUT2D eigenvalue weighted by Gasteiger charge is -2.09. The van der Waals surface area contributed by atoms with Crippen molar-refractivity contribution >= 4 is 11.8 Å². The van der Waals surface area contributed by atoms with Crippen LogP contribution >= 0.6 is 0 Å². The molecule has 21 heavy (non-hydrogen) atoms. The van der Waals surface area contributed by atoms with E-state index < -0.39 is 0 Å². The van der Waals surface area contributed by atoms with Crippen LogP contribution in [0.2, 0.25) is 0 Å². The molecule has 1 aromatic rings. The molecule has 0 saturated heterocycles. The van der Waals surface area contributed by atoms with E-state index in [1.54, 1.807) is 13.2 Å². The van der Waals surface area contributed by atoms with E-state index in [4.69, 9.17) is 4.74 Å². The lowest BCUT2D eigenvalue weighted by molar-refractivity contribution is 0.0948. The molecule has 6 nitrogen and oxygen atoms in total. The molecule has 1 aromatic heterocycles. The minimum Gasteiger partial charge on any atom is -0.385 e. The zero-order chi connectivity index (χ0) is 15.7. The topological polar surface area (TPSA) is 80.3 Å². The maximum atomic E-state index is 11.9. The molecule has 0 saturated carbocycles. The maximum Gasteiger partial charge on any atom is 0.252 e. The summed E-state index contributed by atoms with van der Waals surface area (Å²) in [6, 6.07) is 1.55. The third-order valence-electron chi connectivity index (χ3n) is 2.74. The summed E-state index contributed by atoms with van der Waals surface area (Å²) in [6.07, 6.45) is 3.65. The molecular formula is C15H23N3O3. The Hall–Kier alpha value is -1.95. The van der Waals surface area contributed by atoms with Gasteiger partial charge in [-0.1, -0.05) is 13.8 Å². The molecule has 0 aromatic carbocycles. The molecule has 6 heteroatoms. The van der Waals surface area contributed by atoms with Crippen LogP contribution in [-0.2, 0) is 4.74 Å². The summed E-state index contributed by atoms with van der Waals surface area (Å²) in [5.41, 5.74) is 0.768. The molecule has 1 rings (SSSR count). The van der Waals surface area contributed by atoms with Crippen LogP contribution in [0, 0.1) is 5.92 Å². The molecule has 0 unspecified atom stereocenters. The van der Waals surface area contributed by atoms with Crippen LogP contribution in [0.25, 0.3) is 0 Å². The highest BCUT2D eigenvalue weighted by Gasteiger charge is 2.11. The number of nitrogens with zero attached hydrogens (tertiary/aromatic N) is 1. The van der Waals surface area contributed by atoms with Gasteiger partial charge in [-0.05, 0) is 18.4 Å². The summed E-state index contributed by atoms with van der Waals surface area (Å²) in [6.45, 7) is 5.74. The Morgan fingerprint density at radius 1 is 1.19 bits per heavy atom. The van der Waals surface area contributed by atoms with Crippen LogP contribution in [0.3, 0.4) is 0 Å². The van der Waals surface area contributed by atoms with Crippen molar-refractivity contribution in [1.82, 2.24) is 15.6 Å². The van der Waals surface area contributed by atoms with E-state index in [0.717, 1.165) is 6.42 Å². The number of carbonyl (C=O) groups excluding carboxylic acids is 2. The summed E-state index contributed by atoms with van der Waals surface area (Å²) in [5, 5.41) is 5.56. The second-order valence-corrected chi connectivity index (χ2v) is 5.17. The first-order valence-corrected chi connectivity index (χ1v) is 7.05. The normalized spacial score (nSPS) is 10.5. The van der Waals surface area contributed by atoms with Gasteiger partial charge in [0.2, 0.25) is 0 Å². The highest BCUT2D eigenvalue weighted by Crippen LogP contribution is 2.03. The van der Waals surface area contributed by atoms with E-state index >= 15 is 0 Å². The number of hydrogen-bond acceptors (Lipinski definition) is 4. The maximum absolute atomic E-state index is 11.9. The summed E-state index contributed by atoms with van der Waals surface area (Å²) in [4.78, 5) is 27.8. The molecule has 2 N–H and O–H groups in total. The first-order chi connectivity index (χ1) is 10.0. The van der Waals surface area contributed by atoms with Gasteiger partial charge in [0.15, 0.2) is 0 Å². The molecule has 0 bridgehead atoms. The number of carbonyl (C=O) groups is 2. The van der Waals surface area contributed by atoms with Gasteiger partial charge in [0.25, 0.3) is 11.8 Å². The fourth-order valence-electron chi connectivity index (χ4n) is 1.61. The first-order valence-electron chi connectivity index (χ1n) is 7.05. The molecule has 0 aliphatic carbocycles. The summed E-state index contributed by atoms with van der Waals surface area (Å²) >= 11 is 0. The van der Waals surface area contributed by atoms with E-state index in [9.17, 15) is 9.59 Å². The van der Waals surface area contributed by atoms with E-state index in [-0.39, 0.29) is 11.8 Å². The van der Waals surface area contributed by atoms with Gasteiger partial charge in [-0.15, -0.1) is 0 Å². The Balaban J connectivity index is 2.58. The molecule has 0 radical (unpaired) electrons. The molecule has 2 amide bonds. The van der Waals surface area contributed by atoms with Gasteiger partial charge in [-0.3, -0.25) is 14.6 Å². The Morgan fingerprint density at radius 3 is 2.38 bits per heavy atom. The predicted molar refractivity (Wildman–Crippen MR) is 80.2 cm³/mol. The number of hydrogen-bond donors (Lipinski definition) is 2. The quantitative estimate of drug-likeness (QED) is 0.707. The second kappa shape index (κ2) is 9.07. The van der Waals surface area contributed by atoms with Crippen LogP contribution in [-0.4, -0.2) is 43.6 Å². The zero-order valence-corrected chi connectivity index (χ0v) is 12.8. The SMILES string of the molecule is COCCCNC(=O)c1cncc(C(=O)NCC(C)C)c1. The van der Waals surface area contributed by atoms with Gasteiger partial charge in [0.05, 0.1) is 11.1 Å². The molecular weight excluding hydrogens is 270 g/mol. The van der Waals surface area contributed by atoms with Crippen LogP contribution in [0.5, 0.6) is 0 Å². The molecule has 0 aliphatic rings. The third kappa shape index (κ3) is 6.35. The van der Waals surface area contributed by atoms with E-state index in [1.807, 2.05) is 13.8 Å².